The summed E-state index contributed by atoms with van der Waals surface area (Å²) in [7, 11) is 0. The molecule has 2 aliphatic rings. The van der Waals surface area contributed by atoms with E-state index in [0.717, 1.165) is 35.9 Å². The molecule has 32 heavy (non-hydrogen) atoms. The molecule has 0 bridgehead atoms. The molecule has 2 aromatic rings. The van der Waals surface area contributed by atoms with Gasteiger partial charge in [-0.3, -0.25) is 9.59 Å². The van der Waals surface area contributed by atoms with E-state index in [0.29, 0.717) is 26.1 Å². The van der Waals surface area contributed by atoms with Crippen LogP contribution >= 0.6 is 0 Å². The van der Waals surface area contributed by atoms with E-state index in [9.17, 15) is 9.59 Å². The average molecular weight is 435 g/mol. The summed E-state index contributed by atoms with van der Waals surface area (Å²) in [6, 6.07) is 16.7. The SMILES string of the molecule is CCN1CC(C(=O)NCc2ccc(Nc3ccc(N4CCC(C)CC4)cc3)cc2)CC1=O. The lowest BCUT2D eigenvalue weighted by Gasteiger charge is -2.32. The molecule has 2 aromatic carbocycles. The van der Waals surface area contributed by atoms with Gasteiger partial charge in [0.2, 0.25) is 11.8 Å². The molecule has 0 aliphatic carbocycles. The monoisotopic (exact) mass is 434 g/mol. The highest BCUT2D eigenvalue weighted by atomic mass is 16.2. The van der Waals surface area contributed by atoms with E-state index < -0.39 is 0 Å². The van der Waals surface area contributed by atoms with Crippen molar-refractivity contribution in [1.29, 1.82) is 0 Å². The number of hydrogen-bond acceptors (Lipinski definition) is 4. The molecule has 0 radical (unpaired) electrons. The Morgan fingerprint density at radius 2 is 1.62 bits per heavy atom. The molecule has 6 nitrogen and oxygen atoms in total. The van der Waals surface area contributed by atoms with Gasteiger partial charge in [-0.25, -0.2) is 0 Å². The van der Waals surface area contributed by atoms with Crippen LogP contribution in [0.1, 0.15) is 38.7 Å². The van der Waals surface area contributed by atoms with E-state index in [1.54, 1.807) is 4.90 Å². The molecule has 2 amide bonds. The van der Waals surface area contributed by atoms with E-state index >= 15 is 0 Å². The number of nitrogens with one attached hydrogen (secondary N) is 2. The molecule has 4 rings (SSSR count). The fourth-order valence-electron chi connectivity index (χ4n) is 4.48. The molecule has 1 atom stereocenters. The fourth-order valence-corrected chi connectivity index (χ4v) is 4.48. The Kier molecular flexibility index (Phi) is 6.98. The highest BCUT2D eigenvalue weighted by Crippen LogP contribution is 2.25. The summed E-state index contributed by atoms with van der Waals surface area (Å²) in [5.74, 6) is 0.628. The molecule has 2 N–H and O–H groups in total. The topological polar surface area (TPSA) is 64.7 Å². The Balaban J connectivity index is 1.26. The Morgan fingerprint density at radius 3 is 2.22 bits per heavy atom. The highest BCUT2D eigenvalue weighted by molar-refractivity contribution is 5.89. The largest absolute Gasteiger partial charge is 0.372 e. The first-order valence-electron chi connectivity index (χ1n) is 11.8. The predicted molar refractivity (Wildman–Crippen MR) is 129 cm³/mol. The number of anilines is 3. The van der Waals surface area contributed by atoms with Crippen molar-refractivity contribution in [2.24, 2.45) is 11.8 Å². The summed E-state index contributed by atoms with van der Waals surface area (Å²) < 4.78 is 0. The molecule has 2 aliphatic heterocycles. The standard InChI is InChI=1S/C26H34N4O2/c1-3-29-18-21(16-25(29)31)26(32)27-17-20-4-6-22(7-5-20)28-23-8-10-24(11-9-23)30-14-12-19(2)13-15-30/h4-11,19,21,28H,3,12-18H2,1-2H3,(H,27,32). The zero-order valence-corrected chi connectivity index (χ0v) is 19.1. The van der Waals surface area contributed by atoms with Crippen molar-refractivity contribution in [2.75, 3.05) is 36.4 Å². The van der Waals surface area contributed by atoms with Crippen LogP contribution in [-0.4, -0.2) is 42.9 Å². The van der Waals surface area contributed by atoms with Crippen molar-refractivity contribution in [3.8, 4) is 0 Å². The number of carbonyl (C=O) groups is 2. The average Bonchev–Trinajstić information content (AvgIpc) is 3.20. The number of carbonyl (C=O) groups excluding carboxylic acids is 2. The first-order chi connectivity index (χ1) is 15.5. The van der Waals surface area contributed by atoms with Gasteiger partial charge in [0.25, 0.3) is 0 Å². The first-order valence-corrected chi connectivity index (χ1v) is 11.8. The van der Waals surface area contributed by atoms with E-state index in [1.807, 2.05) is 31.2 Å². The Hall–Kier alpha value is -3.02. The molecule has 170 valence electrons. The molecule has 0 spiro atoms. The van der Waals surface area contributed by atoms with Crippen LogP contribution in [0.3, 0.4) is 0 Å². The quantitative estimate of drug-likeness (QED) is 0.687. The number of hydrogen-bond donors (Lipinski definition) is 2. The van der Waals surface area contributed by atoms with Crippen LogP contribution < -0.4 is 15.5 Å². The number of rotatable bonds is 7. The zero-order valence-electron chi connectivity index (χ0n) is 19.1. The van der Waals surface area contributed by atoms with E-state index in [4.69, 9.17) is 0 Å². The molecular weight excluding hydrogens is 400 g/mol. The summed E-state index contributed by atoms with van der Waals surface area (Å²) >= 11 is 0. The van der Waals surface area contributed by atoms with Gasteiger partial charge in [0.15, 0.2) is 0 Å². The van der Waals surface area contributed by atoms with Gasteiger partial charge >= 0.3 is 0 Å². The maximum absolute atomic E-state index is 12.4. The lowest BCUT2D eigenvalue weighted by atomic mass is 9.99. The number of likely N-dealkylation sites (tertiary alicyclic amines) is 1. The molecule has 0 saturated carbocycles. The van der Waals surface area contributed by atoms with Gasteiger partial charge in [-0.1, -0.05) is 19.1 Å². The summed E-state index contributed by atoms with van der Waals surface area (Å²) in [6.45, 7) is 8.22. The van der Waals surface area contributed by atoms with Gasteiger partial charge in [0, 0.05) is 56.2 Å². The van der Waals surface area contributed by atoms with Crippen molar-refractivity contribution in [2.45, 2.75) is 39.7 Å². The third-order valence-electron chi connectivity index (χ3n) is 6.69. The minimum atomic E-state index is -0.236. The van der Waals surface area contributed by atoms with Crippen molar-refractivity contribution < 1.29 is 9.59 Å². The van der Waals surface area contributed by atoms with Gasteiger partial charge in [-0.2, -0.15) is 0 Å². The molecular formula is C26H34N4O2. The lowest BCUT2D eigenvalue weighted by molar-refractivity contribution is -0.128. The van der Waals surface area contributed by atoms with E-state index in [2.05, 4.69) is 46.7 Å². The highest BCUT2D eigenvalue weighted by Gasteiger charge is 2.33. The van der Waals surface area contributed by atoms with E-state index in [-0.39, 0.29) is 17.7 Å². The van der Waals surface area contributed by atoms with Crippen LogP contribution in [0.2, 0.25) is 0 Å². The van der Waals surface area contributed by atoms with Crippen molar-refractivity contribution in [1.82, 2.24) is 10.2 Å². The first kappa shape index (κ1) is 22.2. The molecule has 2 saturated heterocycles. The number of benzene rings is 2. The van der Waals surface area contributed by atoms with Crippen molar-refractivity contribution in [3.63, 3.8) is 0 Å². The molecule has 0 aromatic heterocycles. The number of amides is 2. The smallest absolute Gasteiger partial charge is 0.225 e. The summed E-state index contributed by atoms with van der Waals surface area (Å²) in [5, 5.41) is 6.42. The van der Waals surface area contributed by atoms with Crippen LogP contribution in [0, 0.1) is 11.8 Å². The van der Waals surface area contributed by atoms with Gasteiger partial charge < -0.3 is 20.4 Å². The minimum Gasteiger partial charge on any atom is -0.372 e. The van der Waals surface area contributed by atoms with Crippen molar-refractivity contribution >= 4 is 28.9 Å². The Morgan fingerprint density at radius 1 is 1.00 bits per heavy atom. The fraction of sp³-hybridized carbons (Fsp3) is 0.462. The molecule has 1 unspecified atom stereocenters. The Bertz CT molecular complexity index is 918. The maximum atomic E-state index is 12.4. The second-order valence-electron chi connectivity index (χ2n) is 9.09. The Labute approximate surface area is 191 Å². The van der Waals surface area contributed by atoms with Crippen LogP contribution in [0.15, 0.2) is 48.5 Å². The van der Waals surface area contributed by atoms with Gasteiger partial charge in [0.05, 0.1) is 5.92 Å². The van der Waals surface area contributed by atoms with Crippen LogP contribution in [0.5, 0.6) is 0 Å². The van der Waals surface area contributed by atoms with E-state index in [1.165, 1.54) is 18.5 Å². The number of piperidine rings is 1. The molecule has 2 fully saturated rings. The lowest BCUT2D eigenvalue weighted by Crippen LogP contribution is -2.32. The van der Waals surface area contributed by atoms with Gasteiger partial charge in [0.1, 0.15) is 0 Å². The maximum Gasteiger partial charge on any atom is 0.225 e. The summed E-state index contributed by atoms with van der Waals surface area (Å²) in [4.78, 5) is 28.4. The number of nitrogens with zero attached hydrogens (tertiary/aromatic N) is 2. The third kappa shape index (κ3) is 5.42. The van der Waals surface area contributed by atoms with Gasteiger partial charge in [-0.05, 0) is 67.6 Å². The summed E-state index contributed by atoms with van der Waals surface area (Å²) in [6.07, 6.45) is 2.85. The van der Waals surface area contributed by atoms with Crippen LogP contribution in [-0.2, 0) is 16.1 Å². The predicted octanol–water partition coefficient (Wildman–Crippen LogP) is 4.15. The summed E-state index contributed by atoms with van der Waals surface area (Å²) in [5.41, 5.74) is 4.40. The van der Waals surface area contributed by atoms with Crippen molar-refractivity contribution in [3.05, 3.63) is 54.1 Å². The second-order valence-corrected chi connectivity index (χ2v) is 9.09. The van der Waals surface area contributed by atoms with Gasteiger partial charge in [-0.15, -0.1) is 0 Å². The molecule has 2 heterocycles. The third-order valence-corrected chi connectivity index (χ3v) is 6.69. The minimum absolute atomic E-state index is 0.0419. The molecule has 6 heteroatoms. The second kappa shape index (κ2) is 10.1. The van der Waals surface area contributed by atoms with Crippen LogP contribution in [0.25, 0.3) is 0 Å². The zero-order chi connectivity index (χ0) is 22.5. The normalized spacial score (nSPS) is 19.3. The van der Waals surface area contributed by atoms with Crippen LogP contribution in [0.4, 0.5) is 17.1 Å².